The van der Waals surface area contributed by atoms with Crippen LogP contribution in [0.2, 0.25) is 0 Å². The zero-order valence-corrected chi connectivity index (χ0v) is 17.2. The fourth-order valence-electron chi connectivity index (χ4n) is 3.25. The summed E-state index contributed by atoms with van der Waals surface area (Å²) in [6.07, 6.45) is 7.93. The molecule has 0 bridgehead atoms. The molecule has 1 fully saturated rings. The lowest BCUT2D eigenvalue weighted by molar-refractivity contribution is 0.0946. The zero-order chi connectivity index (χ0) is 22.1. The molecule has 1 aliphatic carbocycles. The Morgan fingerprint density at radius 2 is 2.03 bits per heavy atom. The molecule has 1 aliphatic rings. The number of amides is 2. The van der Waals surface area contributed by atoms with Gasteiger partial charge in [0.05, 0.1) is 12.1 Å². The highest BCUT2D eigenvalue weighted by Crippen LogP contribution is 2.29. The standard InChI is InChI=1S/C21H20N8O3/c1-2-32-21(31)28-20-26-15-9-13(8-14(17(15)27-20)18-22-6-3-7-23-18)29-10-16(24-11-29)19(30)25-12-4-5-12/h3,6-12H,2,4-5H2,1H3,(H,25,30)(H2,26,27,28,31). The summed E-state index contributed by atoms with van der Waals surface area (Å²) in [6.45, 7) is 1.97. The molecule has 0 radical (unpaired) electrons. The smallest absolute Gasteiger partial charge is 0.413 e. The van der Waals surface area contributed by atoms with Crippen molar-refractivity contribution in [3.63, 3.8) is 0 Å². The molecule has 0 atom stereocenters. The van der Waals surface area contributed by atoms with E-state index in [0.29, 0.717) is 28.1 Å². The lowest BCUT2D eigenvalue weighted by Gasteiger charge is -2.06. The van der Waals surface area contributed by atoms with Gasteiger partial charge in [0, 0.05) is 35.9 Å². The highest BCUT2D eigenvalue weighted by Gasteiger charge is 2.25. The minimum atomic E-state index is -0.606. The van der Waals surface area contributed by atoms with Gasteiger partial charge < -0.3 is 19.6 Å². The Labute approximate surface area is 182 Å². The predicted molar refractivity (Wildman–Crippen MR) is 115 cm³/mol. The van der Waals surface area contributed by atoms with Crippen molar-refractivity contribution in [2.75, 3.05) is 11.9 Å². The van der Waals surface area contributed by atoms with E-state index in [1.807, 2.05) is 12.1 Å². The summed E-state index contributed by atoms with van der Waals surface area (Å²) in [5.41, 5.74) is 2.95. The molecule has 3 aromatic heterocycles. The molecule has 0 aliphatic heterocycles. The van der Waals surface area contributed by atoms with Crippen molar-refractivity contribution in [1.82, 2.24) is 34.8 Å². The van der Waals surface area contributed by atoms with Gasteiger partial charge in [0.25, 0.3) is 5.91 Å². The molecule has 3 N–H and O–H groups in total. The van der Waals surface area contributed by atoms with Crippen molar-refractivity contribution < 1.29 is 14.3 Å². The molecular formula is C21H20N8O3. The molecule has 1 saturated carbocycles. The number of imidazole rings is 2. The van der Waals surface area contributed by atoms with Gasteiger partial charge in [-0.2, -0.15) is 0 Å². The van der Waals surface area contributed by atoms with Crippen molar-refractivity contribution in [1.29, 1.82) is 0 Å². The molecule has 0 saturated heterocycles. The Morgan fingerprint density at radius 3 is 2.78 bits per heavy atom. The largest absolute Gasteiger partial charge is 0.450 e. The van der Waals surface area contributed by atoms with Gasteiger partial charge in [-0.3, -0.25) is 10.1 Å². The highest BCUT2D eigenvalue weighted by molar-refractivity contribution is 5.95. The molecule has 3 heterocycles. The van der Waals surface area contributed by atoms with Crippen molar-refractivity contribution in [3.8, 4) is 17.1 Å². The predicted octanol–water partition coefficient (Wildman–Crippen LogP) is 2.67. The average Bonchev–Trinajstić information content (AvgIpc) is 3.30. The molecule has 0 unspecified atom stereocenters. The summed E-state index contributed by atoms with van der Waals surface area (Å²) in [4.78, 5) is 44.6. The molecule has 5 rings (SSSR count). The number of carbonyl (C=O) groups is 2. The van der Waals surface area contributed by atoms with Gasteiger partial charge in [-0.15, -0.1) is 0 Å². The minimum Gasteiger partial charge on any atom is -0.450 e. The maximum Gasteiger partial charge on any atom is 0.413 e. The van der Waals surface area contributed by atoms with Gasteiger partial charge in [0.1, 0.15) is 17.5 Å². The van der Waals surface area contributed by atoms with E-state index in [-0.39, 0.29) is 24.5 Å². The third-order valence-corrected chi connectivity index (χ3v) is 4.90. The highest BCUT2D eigenvalue weighted by atomic mass is 16.5. The number of rotatable bonds is 6. The van der Waals surface area contributed by atoms with Crippen LogP contribution in [0.3, 0.4) is 0 Å². The first-order chi connectivity index (χ1) is 15.6. The van der Waals surface area contributed by atoms with Gasteiger partial charge in [0.2, 0.25) is 5.95 Å². The van der Waals surface area contributed by atoms with Crippen molar-refractivity contribution in [2.24, 2.45) is 0 Å². The third-order valence-electron chi connectivity index (χ3n) is 4.90. The molecule has 32 heavy (non-hydrogen) atoms. The summed E-state index contributed by atoms with van der Waals surface area (Å²) in [7, 11) is 0. The quantitative estimate of drug-likeness (QED) is 0.425. The number of hydrogen-bond donors (Lipinski definition) is 3. The monoisotopic (exact) mass is 432 g/mol. The van der Waals surface area contributed by atoms with Crippen LogP contribution in [0, 0.1) is 0 Å². The molecule has 11 heteroatoms. The number of hydrogen-bond acceptors (Lipinski definition) is 7. The van der Waals surface area contributed by atoms with Crippen LogP contribution in [0.5, 0.6) is 0 Å². The summed E-state index contributed by atoms with van der Waals surface area (Å²) >= 11 is 0. The number of aromatic nitrogens is 6. The van der Waals surface area contributed by atoms with Crippen molar-refractivity contribution in [3.05, 3.63) is 48.8 Å². The van der Waals surface area contributed by atoms with Gasteiger partial charge in [-0.05, 0) is 38.0 Å². The van der Waals surface area contributed by atoms with Crippen LogP contribution >= 0.6 is 0 Å². The molecular weight excluding hydrogens is 412 g/mol. The van der Waals surface area contributed by atoms with E-state index in [4.69, 9.17) is 4.74 Å². The average molecular weight is 432 g/mol. The normalized spacial score (nSPS) is 13.2. The lowest BCUT2D eigenvalue weighted by atomic mass is 10.1. The Kier molecular flexibility index (Phi) is 4.98. The van der Waals surface area contributed by atoms with Gasteiger partial charge in [-0.1, -0.05) is 0 Å². The minimum absolute atomic E-state index is 0.193. The van der Waals surface area contributed by atoms with Crippen molar-refractivity contribution in [2.45, 2.75) is 25.8 Å². The maximum absolute atomic E-state index is 12.3. The fourth-order valence-corrected chi connectivity index (χ4v) is 3.25. The number of aromatic amines is 1. The second kappa shape index (κ2) is 8.10. The first-order valence-corrected chi connectivity index (χ1v) is 10.2. The Balaban J connectivity index is 1.55. The Bertz CT molecular complexity index is 1290. The van der Waals surface area contributed by atoms with Crippen molar-refractivity contribution >= 4 is 29.0 Å². The van der Waals surface area contributed by atoms with Gasteiger partial charge >= 0.3 is 6.09 Å². The number of H-pyrrole nitrogens is 1. The fraction of sp³-hybridized carbons (Fsp3) is 0.238. The molecule has 4 aromatic rings. The number of benzene rings is 1. The van der Waals surface area contributed by atoms with Crippen LogP contribution in [0.25, 0.3) is 28.1 Å². The van der Waals surface area contributed by atoms with E-state index in [9.17, 15) is 9.59 Å². The van der Waals surface area contributed by atoms with E-state index >= 15 is 0 Å². The van der Waals surface area contributed by atoms with Crippen LogP contribution in [-0.2, 0) is 4.74 Å². The second-order valence-corrected chi connectivity index (χ2v) is 7.31. The third kappa shape index (κ3) is 4.00. The number of fused-ring (bicyclic) bond motifs is 1. The number of ether oxygens (including phenoxy) is 1. The van der Waals surface area contributed by atoms with Gasteiger partial charge in [-0.25, -0.2) is 24.7 Å². The Morgan fingerprint density at radius 1 is 1.22 bits per heavy atom. The number of anilines is 1. The van der Waals surface area contributed by atoms with E-state index in [2.05, 4.69) is 35.6 Å². The maximum atomic E-state index is 12.3. The summed E-state index contributed by atoms with van der Waals surface area (Å²) in [6, 6.07) is 5.68. The number of carbonyl (C=O) groups excluding carboxylic acids is 2. The molecule has 2 amide bonds. The van der Waals surface area contributed by atoms with Crippen LogP contribution in [-0.4, -0.2) is 54.1 Å². The topological polar surface area (TPSA) is 140 Å². The molecule has 1 aromatic carbocycles. The van der Waals surface area contributed by atoms with E-state index in [1.165, 1.54) is 0 Å². The number of nitrogens with zero attached hydrogens (tertiary/aromatic N) is 5. The van der Waals surface area contributed by atoms with Crippen LogP contribution < -0.4 is 10.6 Å². The van der Waals surface area contributed by atoms with E-state index in [1.54, 1.807) is 42.5 Å². The summed E-state index contributed by atoms with van der Waals surface area (Å²) in [5, 5.41) is 5.50. The number of nitrogens with one attached hydrogen (secondary N) is 3. The molecule has 0 spiro atoms. The zero-order valence-electron chi connectivity index (χ0n) is 17.2. The van der Waals surface area contributed by atoms with E-state index in [0.717, 1.165) is 18.5 Å². The van der Waals surface area contributed by atoms with Crippen LogP contribution in [0.4, 0.5) is 10.7 Å². The van der Waals surface area contributed by atoms with Crippen LogP contribution in [0.15, 0.2) is 43.1 Å². The molecule has 11 nitrogen and oxygen atoms in total. The molecule has 162 valence electrons. The van der Waals surface area contributed by atoms with Gasteiger partial charge in [0.15, 0.2) is 5.82 Å². The first-order valence-electron chi connectivity index (χ1n) is 10.2. The lowest BCUT2D eigenvalue weighted by Crippen LogP contribution is -2.25. The second-order valence-electron chi connectivity index (χ2n) is 7.31. The van der Waals surface area contributed by atoms with E-state index < -0.39 is 6.09 Å². The SMILES string of the molecule is CCOC(=O)Nc1nc2c(-c3ncccn3)cc(-n3cnc(C(=O)NC4CC4)c3)cc2[nH]1. The first kappa shape index (κ1) is 19.7. The van der Waals surface area contributed by atoms with Crippen LogP contribution in [0.1, 0.15) is 30.3 Å². The Hall–Kier alpha value is -4.28. The summed E-state index contributed by atoms with van der Waals surface area (Å²) in [5.74, 6) is 0.518. The summed E-state index contributed by atoms with van der Waals surface area (Å²) < 4.78 is 6.66.